The van der Waals surface area contributed by atoms with Gasteiger partial charge in [0.1, 0.15) is 12.4 Å². The molecule has 3 rings (SSSR count). The van der Waals surface area contributed by atoms with Crippen molar-refractivity contribution in [2.75, 3.05) is 0 Å². The van der Waals surface area contributed by atoms with Crippen LogP contribution in [0.4, 0.5) is 4.39 Å². The lowest BCUT2D eigenvalue weighted by Crippen LogP contribution is -2.32. The molecule has 3 aromatic rings. The van der Waals surface area contributed by atoms with Gasteiger partial charge in [0.25, 0.3) is 5.56 Å². The average molecular weight is 337 g/mol. The van der Waals surface area contributed by atoms with Crippen molar-refractivity contribution in [3.05, 3.63) is 88.7 Å². The second kappa shape index (κ2) is 7.53. The molecule has 1 heterocycles. The van der Waals surface area contributed by atoms with E-state index in [0.717, 1.165) is 5.56 Å². The van der Waals surface area contributed by atoms with Gasteiger partial charge < -0.3 is 5.32 Å². The lowest BCUT2D eigenvalue weighted by molar-refractivity contribution is -0.121. The van der Waals surface area contributed by atoms with Crippen LogP contribution in [0.15, 0.2) is 71.8 Å². The molecule has 0 saturated carbocycles. The van der Waals surface area contributed by atoms with Crippen LogP contribution < -0.4 is 10.9 Å². The third-order valence-electron chi connectivity index (χ3n) is 3.70. The molecule has 0 fully saturated rings. The predicted molar refractivity (Wildman–Crippen MR) is 92.2 cm³/mol. The topological polar surface area (TPSA) is 64.0 Å². The first-order valence-electron chi connectivity index (χ1n) is 7.75. The van der Waals surface area contributed by atoms with E-state index in [1.54, 1.807) is 18.2 Å². The average Bonchev–Trinajstić information content (AvgIpc) is 2.63. The minimum atomic E-state index is -0.389. The smallest absolute Gasteiger partial charge is 0.254 e. The van der Waals surface area contributed by atoms with E-state index in [-0.39, 0.29) is 30.4 Å². The Labute approximate surface area is 143 Å². The minimum Gasteiger partial charge on any atom is -0.350 e. The first-order valence-corrected chi connectivity index (χ1v) is 7.75. The van der Waals surface area contributed by atoms with E-state index in [9.17, 15) is 14.0 Å². The number of benzene rings is 2. The number of rotatable bonds is 5. The fraction of sp³-hybridized carbons (Fsp3) is 0.105. The van der Waals surface area contributed by atoms with Gasteiger partial charge in [0.15, 0.2) is 0 Å². The van der Waals surface area contributed by atoms with E-state index < -0.39 is 0 Å². The van der Waals surface area contributed by atoms with Gasteiger partial charge in [0, 0.05) is 23.7 Å². The third-order valence-corrected chi connectivity index (χ3v) is 3.70. The lowest BCUT2D eigenvalue weighted by atomic mass is 10.1. The Morgan fingerprint density at radius 1 is 1.08 bits per heavy atom. The van der Waals surface area contributed by atoms with Gasteiger partial charge in [-0.1, -0.05) is 48.5 Å². The van der Waals surface area contributed by atoms with Crippen molar-refractivity contribution in [2.45, 2.75) is 13.1 Å². The second-order valence-corrected chi connectivity index (χ2v) is 5.47. The molecule has 0 aliphatic rings. The fourth-order valence-electron chi connectivity index (χ4n) is 2.36. The number of aromatic nitrogens is 2. The molecule has 2 aromatic carbocycles. The summed E-state index contributed by atoms with van der Waals surface area (Å²) in [5, 5.41) is 2.60. The van der Waals surface area contributed by atoms with Crippen LogP contribution in [0.1, 0.15) is 5.56 Å². The number of nitrogens with one attached hydrogen (secondary N) is 1. The van der Waals surface area contributed by atoms with Crippen LogP contribution in [0.3, 0.4) is 0 Å². The first kappa shape index (κ1) is 16.6. The van der Waals surface area contributed by atoms with Crippen molar-refractivity contribution in [3.8, 4) is 11.3 Å². The van der Waals surface area contributed by atoms with Gasteiger partial charge in [-0.2, -0.15) is 0 Å². The van der Waals surface area contributed by atoms with E-state index >= 15 is 0 Å². The number of nitrogens with zero attached hydrogens (tertiary/aromatic N) is 2. The van der Waals surface area contributed by atoms with Gasteiger partial charge in [-0.05, 0) is 6.07 Å². The SMILES string of the molecule is O=C(Cn1cnc(-c2ccccc2)cc1=O)NCc1ccccc1F. The molecule has 0 aliphatic carbocycles. The van der Waals surface area contributed by atoms with Crippen molar-refractivity contribution >= 4 is 5.91 Å². The van der Waals surface area contributed by atoms with E-state index in [4.69, 9.17) is 0 Å². The fourth-order valence-corrected chi connectivity index (χ4v) is 2.36. The van der Waals surface area contributed by atoms with E-state index in [1.807, 2.05) is 30.3 Å². The Kier molecular flexibility index (Phi) is 4.99. The van der Waals surface area contributed by atoms with Gasteiger partial charge in [-0.25, -0.2) is 9.37 Å². The molecule has 0 aliphatic heterocycles. The van der Waals surface area contributed by atoms with Crippen LogP contribution in [-0.4, -0.2) is 15.5 Å². The van der Waals surface area contributed by atoms with Gasteiger partial charge in [-0.15, -0.1) is 0 Å². The molecule has 0 bridgehead atoms. The summed E-state index contributed by atoms with van der Waals surface area (Å²) in [4.78, 5) is 28.4. The highest BCUT2D eigenvalue weighted by molar-refractivity contribution is 5.75. The van der Waals surface area contributed by atoms with Crippen LogP contribution in [0.25, 0.3) is 11.3 Å². The number of hydrogen-bond donors (Lipinski definition) is 1. The van der Waals surface area contributed by atoms with Crippen LogP contribution >= 0.6 is 0 Å². The van der Waals surface area contributed by atoms with Gasteiger partial charge in [0.2, 0.25) is 5.91 Å². The molecule has 0 unspecified atom stereocenters. The Balaban J connectivity index is 1.66. The van der Waals surface area contributed by atoms with Crippen molar-refractivity contribution < 1.29 is 9.18 Å². The molecule has 0 spiro atoms. The molecule has 5 nitrogen and oxygen atoms in total. The summed E-state index contributed by atoms with van der Waals surface area (Å²) in [6.07, 6.45) is 1.34. The van der Waals surface area contributed by atoms with Crippen LogP contribution in [0.2, 0.25) is 0 Å². The molecule has 1 amide bonds. The molecule has 0 saturated heterocycles. The zero-order valence-corrected chi connectivity index (χ0v) is 13.4. The highest BCUT2D eigenvalue weighted by Crippen LogP contribution is 2.13. The molecular formula is C19H16FN3O2. The number of carbonyl (C=O) groups is 1. The van der Waals surface area contributed by atoms with Crippen LogP contribution in [0.5, 0.6) is 0 Å². The predicted octanol–water partition coefficient (Wildman–Crippen LogP) is 2.37. The summed E-state index contributed by atoms with van der Waals surface area (Å²) < 4.78 is 14.7. The van der Waals surface area contributed by atoms with Gasteiger partial charge in [0.05, 0.1) is 12.0 Å². The molecule has 1 N–H and O–H groups in total. The monoisotopic (exact) mass is 337 g/mol. The summed E-state index contributed by atoms with van der Waals surface area (Å²) in [5.74, 6) is -0.770. The molecule has 25 heavy (non-hydrogen) atoms. The normalized spacial score (nSPS) is 10.4. The van der Waals surface area contributed by atoms with Crippen LogP contribution in [0, 0.1) is 5.82 Å². The molecule has 0 radical (unpaired) electrons. The first-order chi connectivity index (χ1) is 12.1. The lowest BCUT2D eigenvalue weighted by Gasteiger charge is -2.08. The van der Waals surface area contributed by atoms with Crippen molar-refractivity contribution in [2.24, 2.45) is 0 Å². The van der Waals surface area contributed by atoms with E-state index in [2.05, 4.69) is 10.3 Å². The maximum Gasteiger partial charge on any atom is 0.254 e. The zero-order chi connectivity index (χ0) is 17.6. The maximum absolute atomic E-state index is 13.5. The quantitative estimate of drug-likeness (QED) is 0.777. The standard InChI is InChI=1S/C19H16FN3O2/c20-16-9-5-4-8-15(16)11-21-18(24)12-23-13-22-17(10-19(23)25)14-6-2-1-3-7-14/h1-10,13H,11-12H2,(H,21,24). The minimum absolute atomic E-state index is 0.0653. The van der Waals surface area contributed by atoms with Crippen molar-refractivity contribution in [1.29, 1.82) is 0 Å². The number of halogens is 1. The van der Waals surface area contributed by atoms with Gasteiger partial charge >= 0.3 is 0 Å². The maximum atomic E-state index is 13.5. The highest BCUT2D eigenvalue weighted by atomic mass is 19.1. The Bertz CT molecular complexity index is 939. The van der Waals surface area contributed by atoms with Crippen molar-refractivity contribution in [3.63, 3.8) is 0 Å². The zero-order valence-electron chi connectivity index (χ0n) is 13.4. The van der Waals surface area contributed by atoms with E-state index in [1.165, 1.54) is 23.0 Å². The Hall–Kier alpha value is -3.28. The van der Waals surface area contributed by atoms with Gasteiger partial charge in [-0.3, -0.25) is 14.2 Å². The number of carbonyl (C=O) groups excluding carboxylic acids is 1. The Morgan fingerprint density at radius 3 is 2.52 bits per heavy atom. The Morgan fingerprint density at radius 2 is 1.80 bits per heavy atom. The van der Waals surface area contributed by atoms with Crippen molar-refractivity contribution in [1.82, 2.24) is 14.9 Å². The summed E-state index contributed by atoms with van der Waals surface area (Å²) in [6, 6.07) is 16.9. The number of hydrogen-bond acceptors (Lipinski definition) is 3. The number of amides is 1. The summed E-state index contributed by atoms with van der Waals surface area (Å²) in [7, 11) is 0. The summed E-state index contributed by atoms with van der Waals surface area (Å²) in [5.41, 5.74) is 1.44. The molecular weight excluding hydrogens is 321 g/mol. The van der Waals surface area contributed by atoms with Crippen LogP contribution in [-0.2, 0) is 17.9 Å². The summed E-state index contributed by atoms with van der Waals surface area (Å²) >= 11 is 0. The largest absolute Gasteiger partial charge is 0.350 e. The molecule has 6 heteroatoms. The second-order valence-electron chi connectivity index (χ2n) is 5.47. The van der Waals surface area contributed by atoms with E-state index in [0.29, 0.717) is 11.3 Å². The highest BCUT2D eigenvalue weighted by Gasteiger charge is 2.08. The molecule has 0 atom stereocenters. The molecule has 1 aromatic heterocycles. The third kappa shape index (κ3) is 4.17. The summed E-state index contributed by atoms with van der Waals surface area (Å²) in [6.45, 7) is -0.106. The molecule has 126 valence electrons.